The normalized spacial score (nSPS) is 25.4. The Morgan fingerprint density at radius 3 is 2.88 bits per heavy atom. The molecular weight excluding hydrogens is 364 g/mol. The zero-order valence-corrected chi connectivity index (χ0v) is 14.7. The van der Waals surface area contributed by atoms with E-state index in [9.17, 15) is 15.3 Å². The molecule has 3 atom stereocenters. The number of aliphatic hydroxyl groups excluding tert-OH is 2. The molecule has 1 aliphatic rings. The number of halogens is 1. The van der Waals surface area contributed by atoms with Crippen LogP contribution in [0.15, 0.2) is 16.8 Å². The number of hydrogen-bond donors (Lipinski definition) is 5. The molecule has 1 aliphatic carbocycles. The lowest BCUT2D eigenvalue weighted by Gasteiger charge is -2.30. The number of aromatic nitrogens is 2. The van der Waals surface area contributed by atoms with Crippen molar-refractivity contribution >= 4 is 34.7 Å². The number of nitrogens with two attached hydrogens (primary N) is 1. The van der Waals surface area contributed by atoms with Crippen LogP contribution < -0.4 is 11.1 Å². The summed E-state index contributed by atoms with van der Waals surface area (Å²) in [6.45, 7) is -0.220. The van der Waals surface area contributed by atoms with Gasteiger partial charge < -0.3 is 26.4 Å². The van der Waals surface area contributed by atoms with Gasteiger partial charge in [-0.25, -0.2) is 0 Å². The Kier molecular flexibility index (Phi) is 5.13. The monoisotopic (exact) mass is 380 g/mol. The number of anilines is 2. The van der Waals surface area contributed by atoms with Gasteiger partial charge in [-0.15, -0.1) is 0 Å². The van der Waals surface area contributed by atoms with Gasteiger partial charge in [0.05, 0.1) is 0 Å². The van der Waals surface area contributed by atoms with Crippen LogP contribution in [0.3, 0.4) is 0 Å². The number of nitrogens with one attached hydrogen (secondary N) is 1. The van der Waals surface area contributed by atoms with E-state index in [2.05, 4.69) is 27.1 Å². The Balaban J connectivity index is 1.96. The molecule has 3 unspecified atom stereocenters. The molecule has 0 saturated heterocycles. The fourth-order valence-electron chi connectivity index (χ4n) is 2.75. The number of hydrogen-bond acceptors (Lipinski definition) is 8. The maximum atomic E-state index is 10.7. The van der Waals surface area contributed by atoms with Crippen LogP contribution in [0.25, 0.3) is 0 Å². The summed E-state index contributed by atoms with van der Waals surface area (Å²) in [5, 5.41) is 36.9. The average molecular weight is 381 g/mol. The molecule has 0 spiro atoms. The van der Waals surface area contributed by atoms with Gasteiger partial charge in [-0.3, -0.25) is 0 Å². The summed E-state index contributed by atoms with van der Waals surface area (Å²) in [5.41, 5.74) is 5.07. The average Bonchev–Trinajstić information content (AvgIpc) is 3.16. The van der Waals surface area contributed by atoms with E-state index in [0.29, 0.717) is 6.42 Å². The lowest BCUT2D eigenvalue weighted by atomic mass is 10.0. The first-order valence-corrected chi connectivity index (χ1v) is 8.92. The van der Waals surface area contributed by atoms with Crippen LogP contribution in [-0.2, 0) is 0 Å². The van der Waals surface area contributed by atoms with Crippen molar-refractivity contribution in [3.8, 4) is 11.8 Å². The van der Waals surface area contributed by atoms with E-state index in [1.165, 1.54) is 11.3 Å². The van der Waals surface area contributed by atoms with E-state index in [1.807, 2.05) is 16.8 Å². The Labute approximate surface area is 153 Å². The summed E-state index contributed by atoms with van der Waals surface area (Å²) in [4.78, 5) is 7.96. The summed E-state index contributed by atoms with van der Waals surface area (Å²) < 4.78 is 0. The standard InChI is InChI=1S/C16H17ClN4O3S/c17-13-11(2-1-9-4-6-25-8-9)14(20-15(18)19-13)21-16(24)5-3-10(7-22)12(16)23/h4,6,8,10,12,22-24H,3,5,7H2,(H3,18,19,20,21). The molecule has 132 valence electrons. The lowest BCUT2D eigenvalue weighted by Crippen LogP contribution is -2.48. The number of thiophene rings is 1. The van der Waals surface area contributed by atoms with Crippen molar-refractivity contribution in [1.82, 2.24) is 9.97 Å². The molecule has 9 heteroatoms. The first kappa shape index (κ1) is 17.9. The van der Waals surface area contributed by atoms with Crippen LogP contribution in [-0.4, -0.2) is 43.7 Å². The second-order valence-corrected chi connectivity index (χ2v) is 6.97. The predicted octanol–water partition coefficient (Wildman–Crippen LogP) is 1.04. The fourth-order valence-corrected chi connectivity index (χ4v) is 3.57. The molecule has 2 aromatic rings. The summed E-state index contributed by atoms with van der Waals surface area (Å²) in [6, 6.07) is 1.86. The Hall–Kier alpha value is -1.89. The van der Waals surface area contributed by atoms with Crippen LogP contribution in [0.2, 0.25) is 5.15 Å². The van der Waals surface area contributed by atoms with Gasteiger partial charge in [0.1, 0.15) is 11.7 Å². The van der Waals surface area contributed by atoms with Gasteiger partial charge in [-0.05, 0) is 24.3 Å². The van der Waals surface area contributed by atoms with E-state index >= 15 is 0 Å². The Morgan fingerprint density at radius 2 is 2.24 bits per heavy atom. The highest BCUT2D eigenvalue weighted by atomic mass is 35.5. The minimum Gasteiger partial charge on any atom is -0.396 e. The molecule has 2 heterocycles. The molecule has 0 aromatic carbocycles. The summed E-state index contributed by atoms with van der Waals surface area (Å²) in [6.07, 6.45) is -0.464. The highest BCUT2D eigenvalue weighted by Crippen LogP contribution is 2.36. The third-order valence-corrected chi connectivity index (χ3v) is 5.09. The van der Waals surface area contributed by atoms with Gasteiger partial charge in [0.2, 0.25) is 5.95 Å². The highest BCUT2D eigenvalue weighted by molar-refractivity contribution is 7.08. The van der Waals surface area contributed by atoms with Gasteiger partial charge in [0.25, 0.3) is 0 Å². The Morgan fingerprint density at radius 1 is 1.44 bits per heavy atom. The maximum Gasteiger partial charge on any atom is 0.223 e. The predicted molar refractivity (Wildman–Crippen MR) is 96.1 cm³/mol. The molecule has 0 aliphatic heterocycles. The molecule has 1 saturated carbocycles. The van der Waals surface area contributed by atoms with Gasteiger partial charge in [-0.2, -0.15) is 21.3 Å². The second-order valence-electron chi connectivity index (χ2n) is 5.83. The van der Waals surface area contributed by atoms with Crippen molar-refractivity contribution < 1.29 is 15.3 Å². The number of rotatable bonds is 3. The minimum absolute atomic E-state index is 0.0486. The van der Waals surface area contributed by atoms with E-state index in [0.717, 1.165) is 5.56 Å². The largest absolute Gasteiger partial charge is 0.396 e. The van der Waals surface area contributed by atoms with Crippen molar-refractivity contribution in [2.24, 2.45) is 5.92 Å². The van der Waals surface area contributed by atoms with Gasteiger partial charge in [0.15, 0.2) is 16.7 Å². The van der Waals surface area contributed by atoms with Crippen molar-refractivity contribution in [3.05, 3.63) is 33.1 Å². The van der Waals surface area contributed by atoms with Gasteiger partial charge in [-0.1, -0.05) is 23.4 Å². The van der Waals surface area contributed by atoms with Crippen LogP contribution in [0, 0.1) is 17.8 Å². The smallest absolute Gasteiger partial charge is 0.223 e. The molecule has 1 fully saturated rings. The molecule has 2 aromatic heterocycles. The molecule has 6 N–H and O–H groups in total. The topological polar surface area (TPSA) is 125 Å². The summed E-state index contributed by atoms with van der Waals surface area (Å²) >= 11 is 7.66. The van der Waals surface area contributed by atoms with Crippen LogP contribution in [0.4, 0.5) is 11.8 Å². The van der Waals surface area contributed by atoms with E-state index < -0.39 is 17.7 Å². The summed E-state index contributed by atoms with van der Waals surface area (Å²) in [5.74, 6) is 5.46. The second kappa shape index (κ2) is 7.15. The van der Waals surface area contributed by atoms with E-state index in [-0.39, 0.29) is 35.5 Å². The highest BCUT2D eigenvalue weighted by Gasteiger charge is 2.47. The molecule has 25 heavy (non-hydrogen) atoms. The minimum atomic E-state index is -1.66. The third kappa shape index (κ3) is 3.71. The molecule has 0 bridgehead atoms. The fraction of sp³-hybridized carbons (Fsp3) is 0.375. The maximum absolute atomic E-state index is 10.7. The van der Waals surface area contributed by atoms with Gasteiger partial charge in [0, 0.05) is 23.5 Å². The molecule has 3 rings (SSSR count). The SMILES string of the molecule is Nc1nc(Cl)c(C#Cc2ccsc2)c(NC2(O)CCC(CO)C2O)n1. The number of nitrogen functional groups attached to an aromatic ring is 1. The first-order valence-electron chi connectivity index (χ1n) is 7.59. The lowest BCUT2D eigenvalue weighted by molar-refractivity contribution is -0.0545. The number of aliphatic hydroxyl groups is 3. The zero-order valence-electron chi connectivity index (χ0n) is 13.1. The van der Waals surface area contributed by atoms with Crippen molar-refractivity contribution in [2.45, 2.75) is 24.7 Å². The quantitative estimate of drug-likeness (QED) is 0.306. The van der Waals surface area contributed by atoms with Crippen molar-refractivity contribution in [1.29, 1.82) is 0 Å². The number of nitrogens with zero attached hydrogens (tertiary/aromatic N) is 2. The van der Waals surface area contributed by atoms with Gasteiger partial charge >= 0.3 is 0 Å². The zero-order chi connectivity index (χ0) is 18.0. The Bertz CT molecular complexity index is 821. The van der Waals surface area contributed by atoms with E-state index in [1.54, 1.807) is 0 Å². The molecule has 0 amide bonds. The molecule has 7 nitrogen and oxygen atoms in total. The molecular formula is C16H17ClN4O3S. The molecule has 0 radical (unpaired) electrons. The third-order valence-electron chi connectivity index (χ3n) is 4.14. The van der Waals surface area contributed by atoms with Crippen LogP contribution in [0.5, 0.6) is 0 Å². The van der Waals surface area contributed by atoms with Crippen LogP contribution >= 0.6 is 22.9 Å². The van der Waals surface area contributed by atoms with Crippen molar-refractivity contribution in [3.63, 3.8) is 0 Å². The first-order chi connectivity index (χ1) is 11.9. The van der Waals surface area contributed by atoms with Crippen LogP contribution in [0.1, 0.15) is 24.0 Å². The summed E-state index contributed by atoms with van der Waals surface area (Å²) in [7, 11) is 0. The van der Waals surface area contributed by atoms with E-state index in [4.69, 9.17) is 17.3 Å². The van der Waals surface area contributed by atoms with Crippen molar-refractivity contribution in [2.75, 3.05) is 17.7 Å².